The van der Waals surface area contributed by atoms with Gasteiger partial charge in [-0.1, -0.05) is 30.3 Å². The highest BCUT2D eigenvalue weighted by Crippen LogP contribution is 2.33. The number of ether oxygens (including phenoxy) is 2. The van der Waals surface area contributed by atoms with E-state index in [9.17, 15) is 15.2 Å². The summed E-state index contributed by atoms with van der Waals surface area (Å²) in [6.45, 7) is 3.35. The summed E-state index contributed by atoms with van der Waals surface area (Å²) < 4.78 is 10.8. The Bertz CT molecular complexity index is 1130. The van der Waals surface area contributed by atoms with Gasteiger partial charge in [0.1, 0.15) is 11.5 Å². The van der Waals surface area contributed by atoms with E-state index in [-0.39, 0.29) is 0 Å². The molecule has 0 saturated carbocycles. The number of methoxy groups -OCH3 is 1. The summed E-state index contributed by atoms with van der Waals surface area (Å²) >= 11 is 0. The summed E-state index contributed by atoms with van der Waals surface area (Å²) in [5.41, 5.74) is 1.52. The first kappa shape index (κ1) is 21.8. The topological polar surface area (TPSA) is 79.5 Å². The lowest BCUT2D eigenvalue weighted by Gasteiger charge is -2.23. The lowest BCUT2D eigenvalue weighted by atomic mass is 9.89. The summed E-state index contributed by atoms with van der Waals surface area (Å²) in [6, 6.07) is 22.8. The van der Waals surface area contributed by atoms with E-state index < -0.39 is 11.6 Å². The Hall–Kier alpha value is -3.88. The fourth-order valence-electron chi connectivity index (χ4n) is 3.10. The Kier molecular flexibility index (Phi) is 6.54. The Morgan fingerprint density at radius 2 is 1.68 bits per heavy atom. The number of hydrogen-bond donors (Lipinski definition) is 1. The van der Waals surface area contributed by atoms with Crippen LogP contribution in [-0.4, -0.2) is 23.8 Å². The molecule has 31 heavy (non-hydrogen) atoms. The van der Waals surface area contributed by atoms with Gasteiger partial charge in [-0.3, -0.25) is 0 Å². The van der Waals surface area contributed by atoms with Gasteiger partial charge in [0.15, 0.2) is 0 Å². The van der Waals surface area contributed by atoms with Gasteiger partial charge in [0, 0.05) is 5.56 Å². The maximum absolute atomic E-state index is 12.6. The number of benzene rings is 3. The standard InChI is InChI=1S/C26H23NO4/c1-26(2,29)23(19-10-12-22(30-3)13-11-19)16-21-15-18(17-27)9-14-24(21)31-25(28)20-7-5-4-6-8-20/h4-16,29H,1-3H3/b23-16-. The molecule has 0 aliphatic carbocycles. The smallest absolute Gasteiger partial charge is 0.343 e. The van der Waals surface area contributed by atoms with Crippen molar-refractivity contribution in [1.29, 1.82) is 5.26 Å². The summed E-state index contributed by atoms with van der Waals surface area (Å²) in [7, 11) is 1.59. The van der Waals surface area contributed by atoms with Crippen molar-refractivity contribution in [2.75, 3.05) is 7.11 Å². The van der Waals surface area contributed by atoms with Crippen LogP contribution in [0.1, 0.15) is 40.9 Å². The number of hydrogen-bond acceptors (Lipinski definition) is 5. The normalized spacial score (nSPS) is 11.5. The van der Waals surface area contributed by atoms with Crippen LogP contribution < -0.4 is 9.47 Å². The van der Waals surface area contributed by atoms with Crippen LogP contribution in [0.4, 0.5) is 0 Å². The van der Waals surface area contributed by atoms with Crippen molar-refractivity contribution in [3.8, 4) is 17.6 Å². The first-order valence-corrected chi connectivity index (χ1v) is 9.72. The van der Waals surface area contributed by atoms with Crippen molar-refractivity contribution >= 4 is 17.6 Å². The van der Waals surface area contributed by atoms with E-state index in [0.717, 1.165) is 5.56 Å². The molecule has 0 bridgehead atoms. The summed E-state index contributed by atoms with van der Waals surface area (Å²) in [6.07, 6.45) is 1.73. The second kappa shape index (κ2) is 9.29. The second-order valence-electron chi connectivity index (χ2n) is 7.47. The molecule has 0 atom stereocenters. The molecule has 0 heterocycles. The SMILES string of the molecule is COc1ccc(/C(=C/c2cc(C#N)ccc2OC(=O)c2ccccc2)C(C)(C)O)cc1. The molecular formula is C26H23NO4. The average molecular weight is 413 g/mol. The van der Waals surface area contributed by atoms with Crippen molar-refractivity contribution < 1.29 is 19.4 Å². The summed E-state index contributed by atoms with van der Waals surface area (Å²) in [5, 5.41) is 20.2. The van der Waals surface area contributed by atoms with Crippen molar-refractivity contribution in [2.24, 2.45) is 0 Å². The van der Waals surface area contributed by atoms with Crippen LogP contribution >= 0.6 is 0 Å². The first-order chi connectivity index (χ1) is 14.8. The van der Waals surface area contributed by atoms with Crippen LogP contribution in [0, 0.1) is 11.3 Å². The molecule has 0 radical (unpaired) electrons. The number of carbonyl (C=O) groups excluding carboxylic acids is 1. The van der Waals surface area contributed by atoms with Crippen LogP contribution in [0.3, 0.4) is 0 Å². The molecule has 3 aromatic rings. The molecular weight excluding hydrogens is 390 g/mol. The fraction of sp³-hybridized carbons (Fsp3) is 0.154. The maximum atomic E-state index is 12.6. The molecule has 0 fully saturated rings. The minimum Gasteiger partial charge on any atom is -0.497 e. The van der Waals surface area contributed by atoms with Gasteiger partial charge in [-0.25, -0.2) is 4.79 Å². The molecule has 1 N–H and O–H groups in total. The van der Waals surface area contributed by atoms with Crippen molar-refractivity contribution in [3.05, 3.63) is 95.1 Å². The van der Waals surface area contributed by atoms with Gasteiger partial charge in [0.2, 0.25) is 0 Å². The molecule has 0 aromatic heterocycles. The van der Waals surface area contributed by atoms with E-state index in [1.54, 1.807) is 81.6 Å². The monoisotopic (exact) mass is 413 g/mol. The van der Waals surface area contributed by atoms with Crippen molar-refractivity contribution in [3.63, 3.8) is 0 Å². The third kappa shape index (κ3) is 5.39. The predicted molar refractivity (Wildman–Crippen MR) is 120 cm³/mol. The molecule has 0 aliphatic heterocycles. The van der Waals surface area contributed by atoms with Crippen LogP contribution in [0.2, 0.25) is 0 Å². The quantitative estimate of drug-likeness (QED) is 0.346. The van der Waals surface area contributed by atoms with Gasteiger partial charge in [0.25, 0.3) is 0 Å². The number of rotatable bonds is 6. The van der Waals surface area contributed by atoms with Crippen LogP contribution in [0.15, 0.2) is 72.8 Å². The maximum Gasteiger partial charge on any atom is 0.343 e. The van der Waals surface area contributed by atoms with Crippen LogP contribution in [0.5, 0.6) is 11.5 Å². The van der Waals surface area contributed by atoms with Crippen LogP contribution in [0.25, 0.3) is 11.6 Å². The van der Waals surface area contributed by atoms with E-state index in [4.69, 9.17) is 9.47 Å². The zero-order valence-corrected chi connectivity index (χ0v) is 17.6. The lowest BCUT2D eigenvalue weighted by Crippen LogP contribution is -2.21. The van der Waals surface area contributed by atoms with E-state index in [2.05, 4.69) is 6.07 Å². The lowest BCUT2D eigenvalue weighted by molar-refractivity contribution is 0.0734. The Labute approximate surface area is 181 Å². The molecule has 3 rings (SSSR count). The van der Waals surface area contributed by atoms with Gasteiger partial charge in [0.05, 0.1) is 29.9 Å². The number of esters is 1. The minimum atomic E-state index is -1.20. The summed E-state index contributed by atoms with van der Waals surface area (Å²) in [5.74, 6) is 0.486. The van der Waals surface area contributed by atoms with Gasteiger partial charge in [-0.15, -0.1) is 0 Å². The van der Waals surface area contributed by atoms with Crippen molar-refractivity contribution in [1.82, 2.24) is 0 Å². The molecule has 0 saturated heterocycles. The molecule has 0 unspecified atom stereocenters. The molecule has 3 aromatic carbocycles. The molecule has 156 valence electrons. The fourth-order valence-corrected chi connectivity index (χ4v) is 3.10. The Morgan fingerprint density at radius 3 is 2.26 bits per heavy atom. The highest BCUT2D eigenvalue weighted by molar-refractivity contribution is 5.93. The van der Waals surface area contributed by atoms with Crippen molar-refractivity contribution in [2.45, 2.75) is 19.4 Å². The average Bonchev–Trinajstić information content (AvgIpc) is 2.78. The molecule has 5 heteroatoms. The Balaban J connectivity index is 2.08. The van der Waals surface area contributed by atoms with E-state index in [1.165, 1.54) is 0 Å². The largest absolute Gasteiger partial charge is 0.497 e. The zero-order chi connectivity index (χ0) is 22.4. The van der Waals surface area contributed by atoms with Gasteiger partial charge < -0.3 is 14.6 Å². The van der Waals surface area contributed by atoms with E-state index in [0.29, 0.717) is 33.8 Å². The van der Waals surface area contributed by atoms with Gasteiger partial charge in [-0.05, 0) is 73.5 Å². The molecule has 5 nitrogen and oxygen atoms in total. The number of carbonyl (C=O) groups is 1. The van der Waals surface area contributed by atoms with E-state index in [1.807, 2.05) is 18.2 Å². The predicted octanol–water partition coefficient (Wildman–Crippen LogP) is 5.10. The molecule has 0 aliphatic rings. The van der Waals surface area contributed by atoms with Gasteiger partial charge in [-0.2, -0.15) is 5.26 Å². The number of nitriles is 1. The second-order valence-corrected chi connectivity index (χ2v) is 7.47. The zero-order valence-electron chi connectivity index (χ0n) is 17.6. The minimum absolute atomic E-state index is 0.295. The third-order valence-corrected chi connectivity index (χ3v) is 4.71. The molecule has 0 amide bonds. The van der Waals surface area contributed by atoms with E-state index >= 15 is 0 Å². The highest BCUT2D eigenvalue weighted by Gasteiger charge is 2.22. The number of nitrogens with zero attached hydrogens (tertiary/aromatic N) is 1. The first-order valence-electron chi connectivity index (χ1n) is 9.72. The molecule has 0 spiro atoms. The third-order valence-electron chi connectivity index (χ3n) is 4.71. The van der Waals surface area contributed by atoms with Gasteiger partial charge >= 0.3 is 5.97 Å². The summed E-state index contributed by atoms with van der Waals surface area (Å²) in [4.78, 5) is 12.6. The Morgan fingerprint density at radius 1 is 1.00 bits per heavy atom. The number of aliphatic hydroxyl groups is 1. The van der Waals surface area contributed by atoms with Crippen LogP contribution in [-0.2, 0) is 0 Å². The highest BCUT2D eigenvalue weighted by atomic mass is 16.5.